The van der Waals surface area contributed by atoms with Crippen LogP contribution in [0.5, 0.6) is 0 Å². The first kappa shape index (κ1) is 12.8. The molecule has 1 heterocycles. The maximum atomic E-state index is 11.1. The number of hydrogen-bond donors (Lipinski definition) is 2. The second-order valence-corrected chi connectivity index (χ2v) is 6.58. The molecule has 8 heteroatoms. The predicted octanol–water partition coefficient (Wildman–Crippen LogP) is 1.47. The first-order chi connectivity index (χ1) is 8.35. The number of nitrogens with one attached hydrogen (secondary N) is 1. The fourth-order valence-electron chi connectivity index (χ4n) is 1.31. The summed E-state index contributed by atoms with van der Waals surface area (Å²) < 4.78 is 24.4. The molecule has 0 aliphatic carbocycles. The van der Waals surface area contributed by atoms with Crippen LogP contribution in [0.1, 0.15) is 5.56 Å². The van der Waals surface area contributed by atoms with Crippen LogP contribution in [0.25, 0.3) is 10.6 Å². The van der Waals surface area contributed by atoms with Gasteiger partial charge in [0.1, 0.15) is 5.01 Å². The third-order valence-electron chi connectivity index (χ3n) is 2.22. The van der Waals surface area contributed by atoms with Gasteiger partial charge in [-0.2, -0.15) is 0 Å². The molecule has 0 aliphatic heterocycles. The minimum Gasteiger partial charge on any atom is -0.398 e. The zero-order valence-corrected chi connectivity index (χ0v) is 11.5. The third-order valence-corrected chi connectivity index (χ3v) is 3.81. The molecule has 0 atom stereocenters. The Kier molecular flexibility index (Phi) is 3.22. The van der Waals surface area contributed by atoms with Gasteiger partial charge in [-0.1, -0.05) is 23.5 Å². The molecule has 18 heavy (non-hydrogen) atoms. The van der Waals surface area contributed by atoms with Crippen molar-refractivity contribution in [1.29, 1.82) is 0 Å². The summed E-state index contributed by atoms with van der Waals surface area (Å²) in [7, 11) is -3.33. The molecule has 0 fully saturated rings. The zero-order chi connectivity index (χ0) is 13.3. The largest absolute Gasteiger partial charge is 0.398 e. The van der Waals surface area contributed by atoms with Gasteiger partial charge < -0.3 is 5.73 Å². The smallest absolute Gasteiger partial charge is 0.231 e. The van der Waals surface area contributed by atoms with Crippen LogP contribution in [0.15, 0.2) is 18.2 Å². The number of rotatable bonds is 3. The third kappa shape index (κ3) is 2.96. The van der Waals surface area contributed by atoms with Crippen LogP contribution in [0.2, 0.25) is 0 Å². The Morgan fingerprint density at radius 3 is 2.67 bits per heavy atom. The Labute approximate surface area is 109 Å². The van der Waals surface area contributed by atoms with Gasteiger partial charge in [-0.15, -0.1) is 10.2 Å². The van der Waals surface area contributed by atoms with E-state index in [1.165, 1.54) is 0 Å². The number of nitrogens with zero attached hydrogens (tertiary/aromatic N) is 2. The summed E-state index contributed by atoms with van der Waals surface area (Å²) in [6.07, 6.45) is 1.07. The van der Waals surface area contributed by atoms with Gasteiger partial charge in [0.25, 0.3) is 0 Å². The molecule has 3 N–H and O–H groups in total. The van der Waals surface area contributed by atoms with E-state index >= 15 is 0 Å². The molecule has 0 saturated carbocycles. The summed E-state index contributed by atoms with van der Waals surface area (Å²) in [4.78, 5) is 0. The van der Waals surface area contributed by atoms with Crippen LogP contribution >= 0.6 is 11.3 Å². The maximum absolute atomic E-state index is 11.1. The van der Waals surface area contributed by atoms with Crippen molar-refractivity contribution in [3.05, 3.63) is 23.8 Å². The average molecular weight is 284 g/mol. The molecule has 2 aromatic rings. The number of benzene rings is 1. The molecule has 0 radical (unpaired) electrons. The Morgan fingerprint density at radius 1 is 1.33 bits per heavy atom. The number of nitrogens with two attached hydrogens (primary N) is 1. The summed E-state index contributed by atoms with van der Waals surface area (Å²) in [5, 5.41) is 8.56. The lowest BCUT2D eigenvalue weighted by atomic mass is 10.1. The van der Waals surface area contributed by atoms with Gasteiger partial charge in [-0.3, -0.25) is 4.72 Å². The van der Waals surface area contributed by atoms with E-state index in [1.807, 2.05) is 19.1 Å². The SMILES string of the molecule is Cc1ccc(-c2nnc(NS(C)(=O)=O)s2)cc1N. The van der Waals surface area contributed by atoms with E-state index in [0.717, 1.165) is 28.7 Å². The Bertz CT molecular complexity index is 679. The fraction of sp³-hybridized carbons (Fsp3) is 0.200. The number of aromatic nitrogens is 2. The first-order valence-corrected chi connectivity index (χ1v) is 7.74. The van der Waals surface area contributed by atoms with E-state index in [-0.39, 0.29) is 5.13 Å². The Hall–Kier alpha value is -1.67. The lowest BCUT2D eigenvalue weighted by Crippen LogP contribution is -2.08. The van der Waals surface area contributed by atoms with Crippen LogP contribution in [0.3, 0.4) is 0 Å². The van der Waals surface area contributed by atoms with E-state index in [1.54, 1.807) is 6.07 Å². The van der Waals surface area contributed by atoms with Crippen molar-refractivity contribution in [3.63, 3.8) is 0 Å². The van der Waals surface area contributed by atoms with Gasteiger partial charge in [0.05, 0.1) is 6.26 Å². The van der Waals surface area contributed by atoms with Crippen molar-refractivity contribution in [2.24, 2.45) is 0 Å². The van der Waals surface area contributed by atoms with Crippen LogP contribution in [0, 0.1) is 6.92 Å². The van der Waals surface area contributed by atoms with Crippen molar-refractivity contribution in [3.8, 4) is 10.6 Å². The monoisotopic (exact) mass is 284 g/mol. The number of sulfonamides is 1. The molecule has 6 nitrogen and oxygen atoms in total. The average Bonchev–Trinajstić information content (AvgIpc) is 2.68. The van der Waals surface area contributed by atoms with Gasteiger partial charge in [-0.25, -0.2) is 8.42 Å². The van der Waals surface area contributed by atoms with Gasteiger partial charge in [0.15, 0.2) is 0 Å². The molecular weight excluding hydrogens is 272 g/mol. The van der Waals surface area contributed by atoms with Crippen molar-refractivity contribution in [2.75, 3.05) is 16.7 Å². The number of anilines is 2. The fourth-order valence-corrected chi connectivity index (χ4v) is 2.88. The molecule has 1 aromatic heterocycles. The van der Waals surface area contributed by atoms with Crippen molar-refractivity contribution >= 4 is 32.2 Å². The van der Waals surface area contributed by atoms with Gasteiger partial charge in [0, 0.05) is 11.3 Å². The molecular formula is C10H12N4O2S2. The molecule has 0 amide bonds. The standard InChI is InChI=1S/C10H12N4O2S2/c1-6-3-4-7(5-8(6)11)9-12-13-10(17-9)14-18(2,15)16/h3-5H,11H2,1-2H3,(H,13,14). The van der Waals surface area contributed by atoms with Crippen LogP contribution in [-0.4, -0.2) is 24.9 Å². The number of aryl methyl sites for hydroxylation is 1. The number of hydrogen-bond acceptors (Lipinski definition) is 6. The molecule has 0 unspecified atom stereocenters. The van der Waals surface area contributed by atoms with Crippen LogP contribution in [-0.2, 0) is 10.0 Å². The van der Waals surface area contributed by atoms with Gasteiger partial charge in [-0.05, 0) is 18.6 Å². The van der Waals surface area contributed by atoms with E-state index in [0.29, 0.717) is 10.7 Å². The summed E-state index contributed by atoms with van der Waals surface area (Å²) in [5.74, 6) is 0. The molecule has 96 valence electrons. The maximum Gasteiger partial charge on any atom is 0.231 e. The Morgan fingerprint density at radius 2 is 2.06 bits per heavy atom. The molecule has 0 saturated heterocycles. The minimum atomic E-state index is -3.33. The van der Waals surface area contributed by atoms with Gasteiger partial charge in [0.2, 0.25) is 15.2 Å². The van der Waals surface area contributed by atoms with Crippen molar-refractivity contribution in [2.45, 2.75) is 6.92 Å². The van der Waals surface area contributed by atoms with Crippen LogP contribution in [0.4, 0.5) is 10.8 Å². The molecule has 0 bridgehead atoms. The highest BCUT2D eigenvalue weighted by atomic mass is 32.2. The van der Waals surface area contributed by atoms with E-state index < -0.39 is 10.0 Å². The van der Waals surface area contributed by atoms with E-state index in [2.05, 4.69) is 14.9 Å². The summed E-state index contributed by atoms with van der Waals surface area (Å²) in [6.45, 7) is 1.91. The van der Waals surface area contributed by atoms with Crippen LogP contribution < -0.4 is 10.5 Å². The minimum absolute atomic E-state index is 0.242. The summed E-state index contributed by atoms with van der Waals surface area (Å²) in [5.41, 5.74) is 8.28. The lowest BCUT2D eigenvalue weighted by Gasteiger charge is -2.01. The molecule has 0 spiro atoms. The number of nitrogen functional groups attached to an aromatic ring is 1. The van der Waals surface area contributed by atoms with E-state index in [4.69, 9.17) is 5.73 Å². The van der Waals surface area contributed by atoms with E-state index in [9.17, 15) is 8.42 Å². The quantitative estimate of drug-likeness (QED) is 0.832. The highest BCUT2D eigenvalue weighted by molar-refractivity contribution is 7.92. The lowest BCUT2D eigenvalue weighted by molar-refractivity contribution is 0.606. The molecule has 2 rings (SSSR count). The van der Waals surface area contributed by atoms with Crippen molar-refractivity contribution < 1.29 is 8.42 Å². The first-order valence-electron chi connectivity index (χ1n) is 5.03. The zero-order valence-electron chi connectivity index (χ0n) is 9.84. The Balaban J connectivity index is 2.32. The van der Waals surface area contributed by atoms with Gasteiger partial charge >= 0.3 is 0 Å². The second kappa shape index (κ2) is 4.54. The molecule has 1 aromatic carbocycles. The highest BCUT2D eigenvalue weighted by Crippen LogP contribution is 2.28. The summed E-state index contributed by atoms with van der Waals surface area (Å²) in [6, 6.07) is 5.55. The molecule has 0 aliphatic rings. The van der Waals surface area contributed by atoms with Crippen molar-refractivity contribution in [1.82, 2.24) is 10.2 Å². The second-order valence-electron chi connectivity index (χ2n) is 3.86. The normalized spacial score (nSPS) is 11.4. The summed E-state index contributed by atoms with van der Waals surface area (Å²) >= 11 is 1.16. The predicted molar refractivity (Wildman–Crippen MR) is 73.0 cm³/mol. The topological polar surface area (TPSA) is 98.0 Å². The highest BCUT2D eigenvalue weighted by Gasteiger charge is 2.10.